The summed E-state index contributed by atoms with van der Waals surface area (Å²) in [5.74, 6) is 4.06. The number of fused-ring (bicyclic) bond motifs is 3. The lowest BCUT2D eigenvalue weighted by atomic mass is 9.50. The second-order valence-corrected chi connectivity index (χ2v) is 9.47. The van der Waals surface area contributed by atoms with Gasteiger partial charge in [0, 0.05) is 24.7 Å². The third kappa shape index (κ3) is 1.24. The van der Waals surface area contributed by atoms with Gasteiger partial charge >= 0.3 is 0 Å². The summed E-state index contributed by atoms with van der Waals surface area (Å²) >= 11 is 0. The summed E-state index contributed by atoms with van der Waals surface area (Å²) in [7, 11) is 0. The van der Waals surface area contributed by atoms with Crippen LogP contribution in [0, 0.1) is 39.9 Å². The predicted octanol–water partition coefficient (Wildman–Crippen LogP) is 4.17. The van der Waals surface area contributed by atoms with Crippen LogP contribution in [0.15, 0.2) is 0 Å². The number of carbonyl (C=O) groups excluding carboxylic acids is 2. The normalized spacial score (nSPS) is 59.4. The minimum atomic E-state index is 0.000418. The first-order valence-corrected chi connectivity index (χ1v) is 9.51. The van der Waals surface area contributed by atoms with Crippen molar-refractivity contribution in [3.63, 3.8) is 0 Å². The summed E-state index contributed by atoms with van der Waals surface area (Å²) in [5.41, 5.74) is 0.858. The summed E-state index contributed by atoms with van der Waals surface area (Å²) in [4.78, 5) is 24.5. The lowest BCUT2D eigenvalue weighted by Crippen LogP contribution is -2.49. The molecule has 0 radical (unpaired) electrons. The van der Waals surface area contributed by atoms with Gasteiger partial charge in [-0.05, 0) is 73.0 Å². The highest BCUT2D eigenvalue weighted by atomic mass is 16.1. The smallest absolute Gasteiger partial charge is 0.139 e. The molecule has 0 saturated heterocycles. The first-order valence-electron chi connectivity index (χ1n) is 9.51. The Morgan fingerprint density at radius 3 is 2.59 bits per heavy atom. The van der Waals surface area contributed by atoms with Gasteiger partial charge in [0.1, 0.15) is 11.6 Å². The SMILES string of the molecule is C[C@@H]1[C@]23CC[C@@H]4[C@H](CC[C@]5(C)C(=O)CC[C@@H]45)[C@]12CCC(=O)C3. The van der Waals surface area contributed by atoms with Crippen LogP contribution in [-0.4, -0.2) is 11.6 Å². The van der Waals surface area contributed by atoms with E-state index in [1.807, 2.05) is 0 Å². The Kier molecular flexibility index (Phi) is 2.42. The van der Waals surface area contributed by atoms with Crippen molar-refractivity contribution >= 4 is 11.6 Å². The third-order valence-electron chi connectivity index (χ3n) is 9.51. The molecule has 0 spiro atoms. The molecular weight excluding hydrogens is 272 g/mol. The van der Waals surface area contributed by atoms with Crippen molar-refractivity contribution in [3.8, 4) is 0 Å². The monoisotopic (exact) mass is 300 g/mol. The van der Waals surface area contributed by atoms with Crippen molar-refractivity contribution in [2.45, 2.75) is 71.6 Å². The topological polar surface area (TPSA) is 34.1 Å². The number of rotatable bonds is 0. The lowest BCUT2D eigenvalue weighted by Gasteiger charge is -2.53. The Bertz CT molecular complexity index is 580. The van der Waals surface area contributed by atoms with E-state index in [9.17, 15) is 9.59 Å². The van der Waals surface area contributed by atoms with Crippen molar-refractivity contribution in [1.29, 1.82) is 0 Å². The molecule has 0 aromatic rings. The van der Waals surface area contributed by atoms with E-state index in [0.717, 1.165) is 56.3 Å². The first kappa shape index (κ1) is 13.7. The maximum atomic E-state index is 12.4. The van der Waals surface area contributed by atoms with E-state index in [4.69, 9.17) is 0 Å². The van der Waals surface area contributed by atoms with Crippen molar-refractivity contribution in [1.82, 2.24) is 0 Å². The van der Waals surface area contributed by atoms with E-state index in [-0.39, 0.29) is 5.41 Å². The molecule has 5 aliphatic carbocycles. The van der Waals surface area contributed by atoms with Gasteiger partial charge in [-0.2, -0.15) is 0 Å². The van der Waals surface area contributed by atoms with Crippen LogP contribution < -0.4 is 0 Å². The van der Waals surface area contributed by atoms with E-state index < -0.39 is 0 Å². The molecule has 0 unspecified atom stereocenters. The van der Waals surface area contributed by atoms with Crippen LogP contribution in [0.4, 0.5) is 0 Å². The standard InChI is InChI=1S/C20H28O2/c1-12-19-9-6-14-15-3-4-17(22)18(15,2)8-7-16(14)20(12,19)10-5-13(21)11-19/h12,14-16H,3-11H2,1-2H3/t12-,14+,15+,16+,18+,19-,20+/m1/s1. The molecule has 0 aromatic heterocycles. The highest BCUT2D eigenvalue weighted by Crippen LogP contribution is 2.85. The zero-order chi connectivity index (χ0) is 15.3. The number of Topliss-reactive ketones (excluding diaryl/α,β-unsaturated/α-hetero) is 2. The van der Waals surface area contributed by atoms with Crippen LogP contribution in [0.1, 0.15) is 71.6 Å². The maximum Gasteiger partial charge on any atom is 0.139 e. The second-order valence-electron chi connectivity index (χ2n) is 9.47. The van der Waals surface area contributed by atoms with Crippen LogP contribution in [0.25, 0.3) is 0 Å². The van der Waals surface area contributed by atoms with Crippen LogP contribution in [0.5, 0.6) is 0 Å². The Labute approximate surface area is 133 Å². The Balaban J connectivity index is 1.53. The highest BCUT2D eigenvalue weighted by Gasteiger charge is 2.80. The van der Waals surface area contributed by atoms with Crippen LogP contribution in [-0.2, 0) is 9.59 Å². The van der Waals surface area contributed by atoms with Crippen molar-refractivity contribution in [3.05, 3.63) is 0 Å². The van der Waals surface area contributed by atoms with Gasteiger partial charge in [0.05, 0.1) is 0 Å². The minimum absolute atomic E-state index is 0.000418. The maximum absolute atomic E-state index is 12.4. The second kappa shape index (κ2) is 3.87. The van der Waals surface area contributed by atoms with Crippen LogP contribution in [0.2, 0.25) is 0 Å². The average molecular weight is 300 g/mol. The van der Waals surface area contributed by atoms with Crippen molar-refractivity contribution in [2.75, 3.05) is 0 Å². The highest BCUT2D eigenvalue weighted by molar-refractivity contribution is 5.87. The fourth-order valence-electron chi connectivity index (χ4n) is 8.44. The Morgan fingerprint density at radius 2 is 1.77 bits per heavy atom. The van der Waals surface area contributed by atoms with Gasteiger partial charge in [-0.1, -0.05) is 13.8 Å². The molecular formula is C20H28O2. The molecule has 120 valence electrons. The fraction of sp³-hybridized carbons (Fsp3) is 0.900. The Hall–Kier alpha value is -0.660. The van der Waals surface area contributed by atoms with Gasteiger partial charge in [0.25, 0.3) is 0 Å². The predicted molar refractivity (Wildman–Crippen MR) is 84.2 cm³/mol. The molecule has 0 amide bonds. The van der Waals surface area contributed by atoms with Crippen LogP contribution >= 0.6 is 0 Å². The zero-order valence-electron chi connectivity index (χ0n) is 14.0. The molecule has 0 N–H and O–H groups in total. The largest absolute Gasteiger partial charge is 0.300 e. The van der Waals surface area contributed by atoms with Gasteiger partial charge in [-0.3, -0.25) is 9.59 Å². The summed E-state index contributed by atoms with van der Waals surface area (Å²) in [6.45, 7) is 4.71. The van der Waals surface area contributed by atoms with Crippen molar-refractivity contribution in [2.24, 2.45) is 39.9 Å². The zero-order valence-corrected chi connectivity index (χ0v) is 14.0. The molecule has 0 aliphatic heterocycles. The van der Waals surface area contributed by atoms with Crippen molar-refractivity contribution < 1.29 is 9.59 Å². The Morgan fingerprint density at radius 1 is 0.955 bits per heavy atom. The van der Waals surface area contributed by atoms with Gasteiger partial charge in [0.15, 0.2) is 0 Å². The van der Waals surface area contributed by atoms with E-state index >= 15 is 0 Å². The van der Waals surface area contributed by atoms with E-state index in [0.29, 0.717) is 28.3 Å². The molecule has 7 atom stereocenters. The molecule has 5 rings (SSSR count). The van der Waals surface area contributed by atoms with Gasteiger partial charge in [0.2, 0.25) is 0 Å². The third-order valence-corrected chi connectivity index (χ3v) is 9.51. The molecule has 0 bridgehead atoms. The molecule has 2 heteroatoms. The summed E-state index contributed by atoms with van der Waals surface area (Å²) in [5, 5.41) is 0. The molecule has 2 nitrogen and oxygen atoms in total. The van der Waals surface area contributed by atoms with E-state index in [1.54, 1.807) is 0 Å². The number of hydrogen-bond acceptors (Lipinski definition) is 2. The fourth-order valence-corrected chi connectivity index (χ4v) is 8.44. The molecule has 5 fully saturated rings. The number of carbonyl (C=O) groups is 2. The quantitative estimate of drug-likeness (QED) is 0.673. The summed E-state index contributed by atoms with van der Waals surface area (Å²) in [6, 6.07) is 0. The molecule has 0 aromatic carbocycles. The van der Waals surface area contributed by atoms with Gasteiger partial charge in [-0.15, -0.1) is 0 Å². The van der Waals surface area contributed by atoms with Gasteiger partial charge in [-0.25, -0.2) is 0 Å². The average Bonchev–Trinajstić information content (AvgIpc) is 2.89. The minimum Gasteiger partial charge on any atom is -0.300 e. The summed E-state index contributed by atoms with van der Waals surface area (Å²) < 4.78 is 0. The molecule has 22 heavy (non-hydrogen) atoms. The summed E-state index contributed by atoms with van der Waals surface area (Å²) in [6.07, 6.45) is 9.77. The number of ketones is 2. The first-order chi connectivity index (χ1) is 10.5. The molecule has 5 aliphatic rings. The van der Waals surface area contributed by atoms with E-state index in [2.05, 4.69) is 13.8 Å². The number of hydrogen-bond donors (Lipinski definition) is 0. The molecule has 5 saturated carbocycles. The molecule has 0 heterocycles. The van der Waals surface area contributed by atoms with Crippen LogP contribution in [0.3, 0.4) is 0 Å². The van der Waals surface area contributed by atoms with E-state index in [1.165, 1.54) is 19.3 Å². The van der Waals surface area contributed by atoms with Gasteiger partial charge < -0.3 is 0 Å². The lowest BCUT2D eigenvalue weighted by molar-refractivity contribution is -0.134.